The molecule has 2 aromatic carbocycles. The fraction of sp³-hybridized carbons (Fsp3) is 0.133. The Balaban J connectivity index is 2.21. The first-order valence-electron chi connectivity index (χ1n) is 5.70. The van der Waals surface area contributed by atoms with E-state index in [0.29, 0.717) is 5.56 Å². The predicted molar refractivity (Wildman–Crippen MR) is 78.0 cm³/mol. The number of rotatable bonds is 2. The Hall–Kier alpha value is -1.61. The number of benzene rings is 2. The van der Waals surface area contributed by atoms with E-state index in [2.05, 4.69) is 27.3 Å². The van der Waals surface area contributed by atoms with Crippen molar-refractivity contribution in [3.8, 4) is 0 Å². The topological polar surface area (TPSA) is 29.1 Å². The highest BCUT2D eigenvalue weighted by Gasteiger charge is 2.06. The van der Waals surface area contributed by atoms with Gasteiger partial charge in [0.2, 0.25) is 0 Å². The quantitative estimate of drug-likeness (QED) is 0.879. The van der Waals surface area contributed by atoms with Gasteiger partial charge in [0, 0.05) is 15.7 Å². The molecule has 0 saturated heterocycles. The second kappa shape index (κ2) is 5.36. The molecule has 0 bridgehead atoms. The first-order valence-corrected chi connectivity index (χ1v) is 6.49. The van der Waals surface area contributed by atoms with Crippen LogP contribution < -0.4 is 5.32 Å². The molecule has 0 unspecified atom stereocenters. The molecular weight excluding hydrogens is 290 g/mol. The van der Waals surface area contributed by atoms with Crippen LogP contribution in [0.25, 0.3) is 0 Å². The first kappa shape index (κ1) is 12.8. The highest BCUT2D eigenvalue weighted by molar-refractivity contribution is 9.10. The lowest BCUT2D eigenvalue weighted by molar-refractivity contribution is 0.102. The van der Waals surface area contributed by atoms with E-state index in [1.165, 1.54) is 0 Å². The predicted octanol–water partition coefficient (Wildman–Crippen LogP) is 4.32. The third kappa shape index (κ3) is 3.20. The Bertz CT molecular complexity index is 573. The Morgan fingerprint density at radius 1 is 1.06 bits per heavy atom. The van der Waals surface area contributed by atoms with E-state index >= 15 is 0 Å². The van der Waals surface area contributed by atoms with E-state index in [1.54, 1.807) is 12.1 Å². The molecule has 1 N–H and O–H groups in total. The maximum atomic E-state index is 12.1. The smallest absolute Gasteiger partial charge is 0.255 e. The van der Waals surface area contributed by atoms with Crippen LogP contribution in [0.4, 0.5) is 5.69 Å². The summed E-state index contributed by atoms with van der Waals surface area (Å²) >= 11 is 3.36. The molecule has 3 heteroatoms. The lowest BCUT2D eigenvalue weighted by atomic mass is 10.1. The van der Waals surface area contributed by atoms with Crippen LogP contribution >= 0.6 is 15.9 Å². The molecule has 92 valence electrons. The maximum Gasteiger partial charge on any atom is 0.255 e. The van der Waals surface area contributed by atoms with Gasteiger partial charge in [-0.15, -0.1) is 0 Å². The van der Waals surface area contributed by atoms with Gasteiger partial charge in [-0.25, -0.2) is 0 Å². The van der Waals surface area contributed by atoms with E-state index in [9.17, 15) is 4.79 Å². The van der Waals surface area contributed by atoms with Crippen molar-refractivity contribution >= 4 is 27.5 Å². The summed E-state index contributed by atoms with van der Waals surface area (Å²) in [6, 6.07) is 13.3. The number of halogens is 1. The highest BCUT2D eigenvalue weighted by Crippen LogP contribution is 2.16. The third-order valence-electron chi connectivity index (χ3n) is 2.57. The van der Waals surface area contributed by atoms with Crippen LogP contribution in [-0.4, -0.2) is 5.91 Å². The Morgan fingerprint density at radius 2 is 1.72 bits per heavy atom. The lowest BCUT2D eigenvalue weighted by Crippen LogP contribution is -2.11. The first-order chi connectivity index (χ1) is 8.54. The zero-order chi connectivity index (χ0) is 13.1. The number of hydrogen-bond acceptors (Lipinski definition) is 1. The molecule has 0 heterocycles. The average molecular weight is 304 g/mol. The van der Waals surface area contributed by atoms with Gasteiger partial charge in [0.1, 0.15) is 0 Å². The largest absolute Gasteiger partial charge is 0.322 e. The zero-order valence-corrected chi connectivity index (χ0v) is 11.9. The molecule has 2 rings (SSSR count). The van der Waals surface area contributed by atoms with E-state index in [1.807, 2.05) is 38.1 Å². The van der Waals surface area contributed by atoms with E-state index in [4.69, 9.17) is 0 Å². The molecule has 0 aliphatic heterocycles. The summed E-state index contributed by atoms with van der Waals surface area (Å²) in [5, 5.41) is 2.91. The van der Waals surface area contributed by atoms with Crippen molar-refractivity contribution in [3.05, 3.63) is 63.6 Å². The summed E-state index contributed by atoms with van der Waals surface area (Å²) in [5.41, 5.74) is 3.75. The minimum Gasteiger partial charge on any atom is -0.322 e. The molecule has 0 spiro atoms. The summed E-state index contributed by atoms with van der Waals surface area (Å²) in [4.78, 5) is 12.1. The van der Waals surface area contributed by atoms with Gasteiger partial charge in [0.05, 0.1) is 0 Å². The fourth-order valence-corrected chi connectivity index (χ4v) is 2.28. The van der Waals surface area contributed by atoms with Crippen molar-refractivity contribution in [3.63, 3.8) is 0 Å². The number of nitrogens with one attached hydrogen (secondary N) is 1. The van der Waals surface area contributed by atoms with Crippen LogP contribution in [0, 0.1) is 13.8 Å². The van der Waals surface area contributed by atoms with Crippen molar-refractivity contribution < 1.29 is 4.79 Å². The summed E-state index contributed by atoms with van der Waals surface area (Å²) < 4.78 is 0.899. The van der Waals surface area contributed by atoms with Crippen molar-refractivity contribution in [2.45, 2.75) is 13.8 Å². The lowest BCUT2D eigenvalue weighted by Gasteiger charge is -2.07. The van der Waals surface area contributed by atoms with Crippen molar-refractivity contribution in [2.75, 3.05) is 5.32 Å². The van der Waals surface area contributed by atoms with Gasteiger partial charge >= 0.3 is 0 Å². The van der Waals surface area contributed by atoms with Gasteiger partial charge in [-0.3, -0.25) is 4.79 Å². The van der Waals surface area contributed by atoms with Gasteiger partial charge in [0.15, 0.2) is 0 Å². The van der Waals surface area contributed by atoms with Crippen LogP contribution in [0.15, 0.2) is 46.9 Å². The van der Waals surface area contributed by atoms with Crippen LogP contribution in [-0.2, 0) is 0 Å². The van der Waals surface area contributed by atoms with Gasteiger partial charge in [-0.05, 0) is 55.3 Å². The molecule has 0 aliphatic rings. The molecule has 0 aromatic heterocycles. The Labute approximate surface area is 115 Å². The summed E-state index contributed by atoms with van der Waals surface area (Å²) in [7, 11) is 0. The number of amides is 1. The van der Waals surface area contributed by atoms with Gasteiger partial charge < -0.3 is 5.32 Å². The molecule has 0 fully saturated rings. The standard InChI is InChI=1S/C15H14BrNO/c1-10-6-11(2)8-14(7-10)17-15(18)12-4-3-5-13(16)9-12/h3-9H,1-2H3,(H,17,18). The molecule has 0 radical (unpaired) electrons. The fourth-order valence-electron chi connectivity index (χ4n) is 1.88. The highest BCUT2D eigenvalue weighted by atomic mass is 79.9. The van der Waals surface area contributed by atoms with Crippen molar-refractivity contribution in [1.29, 1.82) is 0 Å². The Kier molecular flexibility index (Phi) is 3.82. The number of carbonyl (C=O) groups is 1. The van der Waals surface area contributed by atoms with Crippen LogP contribution in [0.2, 0.25) is 0 Å². The van der Waals surface area contributed by atoms with Gasteiger partial charge in [-0.2, -0.15) is 0 Å². The molecule has 18 heavy (non-hydrogen) atoms. The SMILES string of the molecule is Cc1cc(C)cc(NC(=O)c2cccc(Br)c2)c1. The maximum absolute atomic E-state index is 12.1. The molecule has 2 aromatic rings. The zero-order valence-electron chi connectivity index (χ0n) is 10.3. The number of aryl methyl sites for hydroxylation is 2. The van der Waals surface area contributed by atoms with E-state index < -0.39 is 0 Å². The van der Waals surface area contributed by atoms with Crippen LogP contribution in [0.3, 0.4) is 0 Å². The molecular formula is C15H14BrNO. The second-order valence-electron chi connectivity index (χ2n) is 4.34. The number of anilines is 1. The molecule has 1 amide bonds. The van der Waals surface area contributed by atoms with Crippen LogP contribution in [0.5, 0.6) is 0 Å². The molecule has 0 saturated carbocycles. The van der Waals surface area contributed by atoms with Crippen molar-refractivity contribution in [2.24, 2.45) is 0 Å². The minimum atomic E-state index is -0.0960. The second-order valence-corrected chi connectivity index (χ2v) is 5.26. The third-order valence-corrected chi connectivity index (χ3v) is 3.06. The molecule has 0 atom stereocenters. The summed E-state index contributed by atoms with van der Waals surface area (Å²) in [5.74, 6) is -0.0960. The molecule has 0 aliphatic carbocycles. The van der Waals surface area contributed by atoms with Gasteiger partial charge in [0.25, 0.3) is 5.91 Å². The van der Waals surface area contributed by atoms with Crippen molar-refractivity contribution in [1.82, 2.24) is 0 Å². The summed E-state index contributed by atoms with van der Waals surface area (Å²) in [6.45, 7) is 4.03. The van der Waals surface area contributed by atoms with E-state index in [0.717, 1.165) is 21.3 Å². The monoisotopic (exact) mass is 303 g/mol. The number of hydrogen-bond donors (Lipinski definition) is 1. The van der Waals surface area contributed by atoms with E-state index in [-0.39, 0.29) is 5.91 Å². The minimum absolute atomic E-state index is 0.0960. The Morgan fingerprint density at radius 3 is 2.33 bits per heavy atom. The molecule has 2 nitrogen and oxygen atoms in total. The van der Waals surface area contributed by atoms with Crippen LogP contribution in [0.1, 0.15) is 21.5 Å². The number of carbonyl (C=O) groups excluding carboxylic acids is 1. The summed E-state index contributed by atoms with van der Waals surface area (Å²) in [6.07, 6.45) is 0. The normalized spacial score (nSPS) is 10.2. The average Bonchev–Trinajstić information content (AvgIpc) is 2.27. The van der Waals surface area contributed by atoms with Gasteiger partial charge in [-0.1, -0.05) is 28.1 Å².